The molecule has 2 aromatic carbocycles. The molecule has 0 aliphatic heterocycles. The first-order valence-electron chi connectivity index (χ1n) is 11.9. The molecule has 1 aliphatic rings. The van der Waals surface area contributed by atoms with E-state index in [1.807, 2.05) is 6.07 Å². The molecule has 1 fully saturated rings. The van der Waals surface area contributed by atoms with Gasteiger partial charge in [0.1, 0.15) is 5.82 Å². The van der Waals surface area contributed by atoms with E-state index in [0.717, 1.165) is 10.9 Å². The monoisotopic (exact) mass is 552 g/mol. The second-order valence-corrected chi connectivity index (χ2v) is 11.3. The van der Waals surface area contributed by atoms with Crippen LogP contribution in [-0.4, -0.2) is 48.7 Å². The van der Waals surface area contributed by atoms with Crippen molar-refractivity contribution < 1.29 is 17.9 Å². The maximum Gasteiger partial charge on any atom is 0.257 e. The Kier molecular flexibility index (Phi) is 7.15. The van der Waals surface area contributed by atoms with Gasteiger partial charge in [0, 0.05) is 42.5 Å². The summed E-state index contributed by atoms with van der Waals surface area (Å²) >= 11 is 6.31. The van der Waals surface area contributed by atoms with Gasteiger partial charge in [-0.1, -0.05) is 17.7 Å². The lowest BCUT2D eigenvalue weighted by Crippen LogP contribution is -2.26. The van der Waals surface area contributed by atoms with Crippen molar-refractivity contribution in [2.75, 3.05) is 24.8 Å². The molecule has 1 aliphatic carbocycles. The number of amides is 1. The molecule has 12 heteroatoms. The molecule has 2 aromatic heterocycles. The lowest BCUT2D eigenvalue weighted by atomic mass is 10.1. The number of nitrogens with one attached hydrogen (secondary N) is 3. The maximum atomic E-state index is 13.1. The lowest BCUT2D eigenvalue weighted by Gasteiger charge is -2.12. The smallest absolute Gasteiger partial charge is 0.257 e. The molecule has 4 aromatic rings. The van der Waals surface area contributed by atoms with Gasteiger partial charge in [-0.25, -0.2) is 28.1 Å². The third-order valence-corrected chi connectivity index (χ3v) is 8.34. The zero-order chi connectivity index (χ0) is 26.9. The first-order valence-corrected chi connectivity index (χ1v) is 13.8. The van der Waals surface area contributed by atoms with Crippen LogP contribution in [-0.2, 0) is 16.6 Å². The highest BCUT2D eigenvalue weighted by Crippen LogP contribution is 2.29. The number of carbonyl (C=O) groups excluding carboxylic acids is 1. The van der Waals surface area contributed by atoms with Crippen LogP contribution in [0.3, 0.4) is 0 Å². The van der Waals surface area contributed by atoms with Crippen molar-refractivity contribution >= 4 is 49.9 Å². The molecule has 1 amide bonds. The summed E-state index contributed by atoms with van der Waals surface area (Å²) in [6.45, 7) is 0.0819. The molecule has 2 heterocycles. The number of carbonyl (C=O) groups is 1. The zero-order valence-electron chi connectivity index (χ0n) is 20.7. The second kappa shape index (κ2) is 10.5. The van der Waals surface area contributed by atoms with Gasteiger partial charge < -0.3 is 15.4 Å². The fraction of sp³-hybridized carbons (Fsp3) is 0.231. The molecule has 1 saturated carbocycles. The SMILES string of the molecule is CNc1nc(-c2ccnc(OC)c2)nc2cc(NC(=O)c3cc(CNS(=O)(=O)C4CC4)ccc3Cl)ccc12. The summed E-state index contributed by atoms with van der Waals surface area (Å²) in [5, 5.41) is 6.66. The molecule has 10 nitrogen and oxygen atoms in total. The van der Waals surface area contributed by atoms with Gasteiger partial charge >= 0.3 is 0 Å². The van der Waals surface area contributed by atoms with Crippen LogP contribution in [0.1, 0.15) is 28.8 Å². The van der Waals surface area contributed by atoms with Gasteiger partial charge in [-0.05, 0) is 54.8 Å². The van der Waals surface area contributed by atoms with Crippen molar-refractivity contribution in [3.05, 3.63) is 70.9 Å². The van der Waals surface area contributed by atoms with Crippen LogP contribution < -0.4 is 20.1 Å². The van der Waals surface area contributed by atoms with Crippen LogP contribution in [0.5, 0.6) is 5.88 Å². The van der Waals surface area contributed by atoms with Gasteiger partial charge in [0.05, 0.1) is 28.5 Å². The molecular formula is C26H25ClN6O4S. The first kappa shape index (κ1) is 25.8. The third kappa shape index (κ3) is 5.54. The highest BCUT2D eigenvalue weighted by atomic mass is 35.5. The summed E-state index contributed by atoms with van der Waals surface area (Å²) in [5.41, 5.74) is 2.72. The average Bonchev–Trinajstić information content (AvgIpc) is 3.78. The van der Waals surface area contributed by atoms with Crippen molar-refractivity contribution in [3.8, 4) is 17.3 Å². The maximum absolute atomic E-state index is 13.1. The van der Waals surface area contributed by atoms with Gasteiger partial charge in [0.15, 0.2) is 5.82 Å². The molecule has 0 radical (unpaired) electrons. The number of pyridine rings is 1. The normalized spacial score (nSPS) is 13.3. The summed E-state index contributed by atoms with van der Waals surface area (Å²) in [6.07, 6.45) is 2.97. The highest BCUT2D eigenvalue weighted by Gasteiger charge is 2.35. The van der Waals surface area contributed by atoms with E-state index in [4.69, 9.17) is 21.3 Å². The number of methoxy groups -OCH3 is 1. The number of halogens is 1. The summed E-state index contributed by atoms with van der Waals surface area (Å²) in [4.78, 5) is 26.6. The topological polar surface area (TPSA) is 135 Å². The van der Waals surface area contributed by atoms with Crippen molar-refractivity contribution in [2.45, 2.75) is 24.6 Å². The lowest BCUT2D eigenvalue weighted by molar-refractivity contribution is 0.102. The Balaban J connectivity index is 1.40. The van der Waals surface area contributed by atoms with E-state index in [1.165, 1.54) is 7.11 Å². The Bertz CT molecular complexity index is 1640. The summed E-state index contributed by atoms with van der Waals surface area (Å²) < 4.78 is 32.1. The van der Waals surface area contributed by atoms with Crippen LogP contribution in [0.4, 0.5) is 11.5 Å². The van der Waals surface area contributed by atoms with Crippen LogP contribution in [0.15, 0.2) is 54.7 Å². The fourth-order valence-corrected chi connectivity index (χ4v) is 5.49. The predicted molar refractivity (Wildman–Crippen MR) is 147 cm³/mol. The van der Waals surface area contributed by atoms with Crippen molar-refractivity contribution in [1.82, 2.24) is 19.7 Å². The van der Waals surface area contributed by atoms with Gasteiger partial charge in [-0.3, -0.25) is 4.79 Å². The molecule has 3 N–H and O–H groups in total. The second-order valence-electron chi connectivity index (χ2n) is 8.80. The number of ether oxygens (including phenoxy) is 1. The van der Waals surface area contributed by atoms with Gasteiger partial charge in [-0.2, -0.15) is 0 Å². The van der Waals surface area contributed by atoms with E-state index in [1.54, 1.807) is 55.7 Å². The third-order valence-electron chi connectivity index (χ3n) is 6.11. The van der Waals surface area contributed by atoms with Gasteiger partial charge in [0.25, 0.3) is 5.91 Å². The average molecular weight is 553 g/mol. The number of nitrogens with zero attached hydrogens (tertiary/aromatic N) is 3. The molecule has 0 bridgehead atoms. The summed E-state index contributed by atoms with van der Waals surface area (Å²) in [7, 11) is -0.0330. The Morgan fingerprint density at radius 1 is 1.11 bits per heavy atom. The number of hydrogen-bond acceptors (Lipinski definition) is 8. The summed E-state index contributed by atoms with van der Waals surface area (Å²) in [6, 6.07) is 13.7. The van der Waals surface area contributed by atoms with Crippen LogP contribution in [0.25, 0.3) is 22.3 Å². The van der Waals surface area contributed by atoms with E-state index >= 15 is 0 Å². The van der Waals surface area contributed by atoms with E-state index in [2.05, 4.69) is 25.3 Å². The van der Waals surface area contributed by atoms with Crippen molar-refractivity contribution in [2.24, 2.45) is 0 Å². The van der Waals surface area contributed by atoms with Gasteiger partial charge in [-0.15, -0.1) is 0 Å². The zero-order valence-corrected chi connectivity index (χ0v) is 22.2. The number of benzene rings is 2. The largest absolute Gasteiger partial charge is 0.481 e. The van der Waals surface area contributed by atoms with Crippen LogP contribution in [0, 0.1) is 0 Å². The number of sulfonamides is 1. The Morgan fingerprint density at radius 2 is 1.92 bits per heavy atom. The molecule has 38 heavy (non-hydrogen) atoms. The van der Waals surface area contributed by atoms with Crippen molar-refractivity contribution in [1.29, 1.82) is 0 Å². The van der Waals surface area contributed by atoms with Crippen molar-refractivity contribution in [3.63, 3.8) is 0 Å². The van der Waals surface area contributed by atoms with Crippen LogP contribution >= 0.6 is 11.6 Å². The quantitative estimate of drug-likeness (QED) is 0.281. The molecule has 0 spiro atoms. The standard InChI is InChI=1S/C26H25ClN6O4S/c1-28-25-19-7-4-17(13-22(19)32-24(33-25)16-9-10-29-23(12-16)37-2)31-26(34)20-11-15(3-8-21(20)27)14-30-38(35,36)18-5-6-18/h3-4,7-13,18,30H,5-6,14H2,1-2H3,(H,31,34)(H,28,32,33). The van der Waals surface area contributed by atoms with E-state index in [-0.39, 0.29) is 22.4 Å². The Hall–Kier alpha value is -3.80. The minimum atomic E-state index is -3.34. The molecule has 5 rings (SSSR count). The Morgan fingerprint density at radius 3 is 2.66 bits per heavy atom. The molecule has 0 saturated heterocycles. The fourth-order valence-electron chi connectivity index (χ4n) is 3.92. The molecule has 0 unspecified atom stereocenters. The summed E-state index contributed by atoms with van der Waals surface area (Å²) in [5.74, 6) is 1.11. The minimum Gasteiger partial charge on any atom is -0.481 e. The van der Waals surface area contributed by atoms with Gasteiger partial charge in [0.2, 0.25) is 15.9 Å². The number of fused-ring (bicyclic) bond motifs is 1. The molecule has 0 atom stereocenters. The molecule has 196 valence electrons. The van der Waals surface area contributed by atoms with E-state index < -0.39 is 15.9 Å². The Labute approximate surface area is 224 Å². The van der Waals surface area contributed by atoms with E-state index in [9.17, 15) is 13.2 Å². The number of hydrogen-bond donors (Lipinski definition) is 3. The highest BCUT2D eigenvalue weighted by molar-refractivity contribution is 7.90. The van der Waals surface area contributed by atoms with Crippen LogP contribution in [0.2, 0.25) is 5.02 Å². The van der Waals surface area contributed by atoms with E-state index in [0.29, 0.717) is 47.1 Å². The number of aromatic nitrogens is 3. The molecular weight excluding hydrogens is 528 g/mol. The number of rotatable bonds is 9. The minimum absolute atomic E-state index is 0.0819. The number of anilines is 2. The predicted octanol–water partition coefficient (Wildman–Crippen LogP) is 4.23. The first-order chi connectivity index (χ1) is 18.3.